The smallest absolute Gasteiger partial charge is 0.416 e. The van der Waals surface area contributed by atoms with Crippen LogP contribution in [0.3, 0.4) is 0 Å². The molecule has 1 aliphatic rings. The topological polar surface area (TPSA) is 103 Å². The molecule has 2 heterocycles. The third-order valence-corrected chi connectivity index (χ3v) is 7.64. The van der Waals surface area contributed by atoms with Crippen molar-refractivity contribution in [2.45, 2.75) is 35.8 Å². The number of carbonyl (C=O) groups excluding carboxylic acids is 1. The summed E-state index contributed by atoms with van der Waals surface area (Å²) >= 11 is 17.3. The summed E-state index contributed by atoms with van der Waals surface area (Å²) in [6.07, 6.45) is -2.82. The molecular weight excluding hydrogens is 646 g/mol. The number of nitrogens with zero attached hydrogens (tertiary/aromatic N) is 3. The molecule has 0 spiro atoms. The van der Waals surface area contributed by atoms with E-state index < -0.39 is 34.3 Å². The molecule has 1 fully saturated rings. The van der Waals surface area contributed by atoms with Gasteiger partial charge < -0.3 is 24.7 Å². The molecule has 4 rings (SSSR count). The van der Waals surface area contributed by atoms with Gasteiger partial charge in [0.25, 0.3) is 0 Å². The Morgan fingerprint density at radius 2 is 1.70 bits per heavy atom. The van der Waals surface area contributed by atoms with Gasteiger partial charge in [-0.15, -0.1) is 0 Å². The maximum atomic E-state index is 13.3. The summed E-state index contributed by atoms with van der Waals surface area (Å²) in [5, 5.41) is 19.8. The van der Waals surface area contributed by atoms with Crippen LogP contribution in [0.1, 0.15) is 30.5 Å². The summed E-state index contributed by atoms with van der Waals surface area (Å²) in [5.74, 6) is 0.0911. The van der Waals surface area contributed by atoms with E-state index in [1.165, 1.54) is 34.2 Å². The van der Waals surface area contributed by atoms with E-state index in [0.717, 1.165) is 12.1 Å². The van der Waals surface area contributed by atoms with E-state index in [-0.39, 0.29) is 24.8 Å². The Labute approximate surface area is 266 Å². The number of likely N-dealkylation sites (tertiary alicyclic amines) is 1. The lowest BCUT2D eigenvalue weighted by atomic mass is 9.93. The van der Waals surface area contributed by atoms with Gasteiger partial charge >= 0.3 is 18.4 Å². The molecule has 2 N–H and O–H groups in total. The molecule has 8 nitrogen and oxygen atoms in total. The molecule has 1 aromatic heterocycles. The first-order valence-electron chi connectivity index (χ1n) is 13.6. The maximum absolute atomic E-state index is 13.3. The Balaban J connectivity index is 1.54. The lowest BCUT2D eigenvalue weighted by Crippen LogP contribution is -2.39. The van der Waals surface area contributed by atoms with E-state index in [0.29, 0.717) is 60.3 Å². The molecule has 0 bridgehead atoms. The monoisotopic (exact) mass is 673 g/mol. The second-order valence-corrected chi connectivity index (χ2v) is 13.0. The van der Waals surface area contributed by atoms with Crippen molar-refractivity contribution in [3.63, 3.8) is 0 Å². The van der Waals surface area contributed by atoms with Gasteiger partial charge in [-0.25, -0.2) is 9.59 Å². The van der Waals surface area contributed by atoms with Crippen LogP contribution in [0.5, 0.6) is 5.75 Å². The quantitative estimate of drug-likeness (QED) is 0.234. The molecule has 0 saturated carbocycles. The Morgan fingerprint density at radius 3 is 2.36 bits per heavy atom. The number of hydrogen-bond donors (Lipinski definition) is 2. The molecule has 3 aromatic rings. The zero-order chi connectivity index (χ0) is 32.1. The first kappa shape index (κ1) is 33.5. The van der Waals surface area contributed by atoms with E-state index >= 15 is 0 Å². The van der Waals surface area contributed by atoms with Gasteiger partial charge in [0, 0.05) is 31.4 Å². The number of benzene rings is 2. The average Bonchev–Trinajstić information content (AvgIpc) is 2.98. The van der Waals surface area contributed by atoms with E-state index in [9.17, 15) is 33.0 Å². The third-order valence-electron chi connectivity index (χ3n) is 7.31. The number of aromatic nitrogens is 1. The van der Waals surface area contributed by atoms with Crippen LogP contribution in [0.2, 0.25) is 0 Å². The number of aromatic hydroxyl groups is 1. The summed E-state index contributed by atoms with van der Waals surface area (Å²) in [4.78, 5) is 31.4. The molecule has 14 heteroatoms. The highest BCUT2D eigenvalue weighted by molar-refractivity contribution is 6.67. The minimum atomic E-state index is -4.50. The van der Waals surface area contributed by atoms with Gasteiger partial charge in [-0.2, -0.15) is 13.2 Å². The summed E-state index contributed by atoms with van der Waals surface area (Å²) < 4.78 is 43.3. The third kappa shape index (κ3) is 9.30. The molecule has 0 unspecified atom stereocenters. The zero-order valence-corrected chi connectivity index (χ0v) is 25.5. The highest BCUT2D eigenvalue weighted by atomic mass is 35.6. The molecule has 1 saturated heterocycles. The highest BCUT2D eigenvalue weighted by Gasteiger charge is 2.31. The van der Waals surface area contributed by atoms with Crippen LogP contribution in [0.15, 0.2) is 60.8 Å². The number of hydrogen-bond acceptors (Lipinski definition) is 5. The second kappa shape index (κ2) is 14.1. The number of carboxylic acid groups (broad SMARTS) is 1. The highest BCUT2D eigenvalue weighted by Crippen LogP contribution is 2.36. The van der Waals surface area contributed by atoms with Gasteiger partial charge in [0.1, 0.15) is 12.4 Å². The van der Waals surface area contributed by atoms with Gasteiger partial charge in [0.05, 0.1) is 17.8 Å². The number of phenols is 1. The van der Waals surface area contributed by atoms with E-state index in [2.05, 4.69) is 4.98 Å². The summed E-state index contributed by atoms with van der Waals surface area (Å²) in [6, 6.07) is 12.7. The van der Waals surface area contributed by atoms with E-state index in [4.69, 9.17) is 39.5 Å². The number of pyridine rings is 1. The zero-order valence-electron chi connectivity index (χ0n) is 23.2. The maximum Gasteiger partial charge on any atom is 0.416 e. The number of amides is 2. The fourth-order valence-corrected chi connectivity index (χ4v) is 5.13. The normalized spacial score (nSPS) is 14.4. The van der Waals surface area contributed by atoms with Crippen molar-refractivity contribution >= 4 is 47.0 Å². The predicted molar refractivity (Wildman–Crippen MR) is 161 cm³/mol. The van der Waals surface area contributed by atoms with Crippen LogP contribution in [0.25, 0.3) is 22.3 Å². The number of phenolic OH excluding ortho intramolecular Hbond substituents is 1. The molecule has 2 amide bonds. The van der Waals surface area contributed by atoms with Crippen LogP contribution in [0.4, 0.5) is 22.8 Å². The first-order chi connectivity index (χ1) is 20.7. The molecule has 0 atom stereocenters. The molecule has 1 aliphatic heterocycles. The van der Waals surface area contributed by atoms with E-state index in [1.54, 1.807) is 24.3 Å². The van der Waals surface area contributed by atoms with Crippen LogP contribution in [-0.4, -0.2) is 67.2 Å². The lowest BCUT2D eigenvalue weighted by molar-refractivity contribution is -0.137. The molecule has 44 heavy (non-hydrogen) atoms. The largest absolute Gasteiger partial charge is 0.507 e. The van der Waals surface area contributed by atoms with Crippen molar-refractivity contribution in [3.8, 4) is 28.0 Å². The Kier molecular flexibility index (Phi) is 10.8. The summed E-state index contributed by atoms with van der Waals surface area (Å²) in [6.45, 7) is 0.607. The number of halogens is 6. The predicted octanol–water partition coefficient (Wildman–Crippen LogP) is 8.23. The van der Waals surface area contributed by atoms with Crippen molar-refractivity contribution < 1.29 is 37.7 Å². The average molecular weight is 675 g/mol. The molecule has 236 valence electrons. The number of carbonyl (C=O) groups is 2. The van der Waals surface area contributed by atoms with E-state index in [1.807, 2.05) is 0 Å². The number of alkyl halides is 6. The van der Waals surface area contributed by atoms with Crippen LogP contribution in [0, 0.1) is 5.92 Å². The molecule has 2 aromatic carbocycles. The number of rotatable bonds is 8. The van der Waals surface area contributed by atoms with Gasteiger partial charge in [0.15, 0.2) is 0 Å². The van der Waals surface area contributed by atoms with Gasteiger partial charge in [-0.05, 0) is 78.3 Å². The van der Waals surface area contributed by atoms with Crippen molar-refractivity contribution in [3.05, 3.63) is 72.1 Å². The van der Waals surface area contributed by atoms with Crippen molar-refractivity contribution in [1.82, 2.24) is 14.8 Å². The fourth-order valence-electron chi connectivity index (χ4n) is 4.97. The lowest BCUT2D eigenvalue weighted by Gasteiger charge is -2.31. The van der Waals surface area contributed by atoms with Crippen molar-refractivity contribution in [2.24, 2.45) is 5.92 Å². The molecule has 0 aliphatic carbocycles. The Bertz CT molecular complexity index is 1480. The standard InChI is InChI=1S/C30H29Cl3F3N3O5/c31-29(32,33)18-44-28(43)39(13-9-19-7-11-38(12-8-19)27(41)42)17-24-15-22(6-10-37-24)25-16-21(4-5-26(25)40)20-2-1-3-23(14-20)30(34,35)36/h1-6,10,14-16,19,40H,7-9,11-13,17-18H2,(H,41,42). The molecular formula is C30H29Cl3F3N3O5. The second-order valence-electron chi connectivity index (χ2n) is 10.4. The SMILES string of the molecule is O=C(O)N1CCC(CCN(Cc2cc(-c3cc(-c4cccc(C(F)(F)F)c4)ccc3O)ccn2)C(=O)OCC(Cl)(Cl)Cl)CC1. The minimum absolute atomic E-state index is 0.00851. The summed E-state index contributed by atoms with van der Waals surface area (Å²) in [7, 11) is 0. The first-order valence-corrected chi connectivity index (χ1v) is 14.8. The Hall–Kier alpha value is -3.41. The van der Waals surface area contributed by atoms with Crippen LogP contribution >= 0.6 is 34.8 Å². The number of piperidine rings is 1. The Morgan fingerprint density at radius 1 is 1.00 bits per heavy atom. The summed E-state index contributed by atoms with van der Waals surface area (Å²) in [5.41, 5.74) is 1.33. The fraction of sp³-hybridized carbons (Fsp3) is 0.367. The molecule has 0 radical (unpaired) electrons. The van der Waals surface area contributed by atoms with Crippen LogP contribution in [-0.2, 0) is 17.5 Å². The minimum Gasteiger partial charge on any atom is -0.507 e. The van der Waals surface area contributed by atoms with Gasteiger partial charge in [-0.3, -0.25) is 4.98 Å². The van der Waals surface area contributed by atoms with Gasteiger partial charge in [-0.1, -0.05) is 53.0 Å². The number of ether oxygens (including phenoxy) is 1. The van der Waals surface area contributed by atoms with Gasteiger partial charge in [0.2, 0.25) is 3.79 Å². The van der Waals surface area contributed by atoms with Crippen molar-refractivity contribution in [2.75, 3.05) is 26.2 Å². The van der Waals surface area contributed by atoms with Crippen molar-refractivity contribution in [1.29, 1.82) is 0 Å². The van der Waals surface area contributed by atoms with Crippen LogP contribution < -0.4 is 0 Å².